The number of esters is 1. The highest BCUT2D eigenvalue weighted by Gasteiger charge is 2.37. The number of aromatic nitrogens is 1. The third kappa shape index (κ3) is 6.28. The van der Waals surface area contributed by atoms with Crippen molar-refractivity contribution in [2.24, 2.45) is 5.10 Å². The van der Waals surface area contributed by atoms with Crippen LogP contribution in [0.5, 0.6) is 11.5 Å². The second-order valence-corrected chi connectivity index (χ2v) is 9.81. The summed E-state index contributed by atoms with van der Waals surface area (Å²) in [6.07, 6.45) is 3.97. The van der Waals surface area contributed by atoms with Gasteiger partial charge in [-0.1, -0.05) is 23.8 Å². The van der Waals surface area contributed by atoms with E-state index in [9.17, 15) is 4.79 Å². The van der Waals surface area contributed by atoms with Gasteiger partial charge in [-0.2, -0.15) is 5.10 Å². The van der Waals surface area contributed by atoms with Gasteiger partial charge in [-0.25, -0.2) is 4.79 Å². The largest absolute Gasteiger partial charge is 0.482 e. The molecule has 1 atom stereocenters. The van der Waals surface area contributed by atoms with Crippen LogP contribution in [0, 0.1) is 20.8 Å². The molecule has 1 aliphatic rings. The van der Waals surface area contributed by atoms with E-state index in [0.29, 0.717) is 29.6 Å². The van der Waals surface area contributed by atoms with Gasteiger partial charge in [0.25, 0.3) is 0 Å². The highest BCUT2D eigenvalue weighted by atomic mass is 32.1. The zero-order chi connectivity index (χ0) is 27.3. The van der Waals surface area contributed by atoms with E-state index in [-0.39, 0.29) is 6.61 Å². The third-order valence-corrected chi connectivity index (χ3v) is 6.44. The Hall–Kier alpha value is -3.98. The van der Waals surface area contributed by atoms with Crippen LogP contribution in [-0.2, 0) is 15.1 Å². The standard InChI is InChI=1S/C29H32N4O4S/c1-6-35-26(34)17-36-22-9-10-25-23(14-22)24(15-29(5,37-25)21-8-7-11-30-16-21)32-33-28(38)31-27-19(3)12-18(2)13-20(27)4/h7-14,16H,6,15,17H2,1-5H3,(H2,31,33,38). The zero-order valence-electron chi connectivity index (χ0n) is 22.3. The lowest BCUT2D eigenvalue weighted by molar-refractivity contribution is -0.145. The molecule has 198 valence electrons. The first-order chi connectivity index (χ1) is 18.2. The monoisotopic (exact) mass is 532 g/mol. The molecule has 0 saturated heterocycles. The van der Waals surface area contributed by atoms with Crippen LogP contribution in [0.3, 0.4) is 0 Å². The number of hydrazone groups is 1. The molecule has 2 aromatic carbocycles. The van der Waals surface area contributed by atoms with Gasteiger partial charge in [0, 0.05) is 35.6 Å². The second kappa shape index (κ2) is 11.6. The van der Waals surface area contributed by atoms with Gasteiger partial charge in [-0.3, -0.25) is 10.4 Å². The Morgan fingerprint density at radius 2 is 1.95 bits per heavy atom. The molecular weight excluding hydrogens is 500 g/mol. The average molecular weight is 533 g/mol. The van der Waals surface area contributed by atoms with Gasteiger partial charge < -0.3 is 19.5 Å². The first kappa shape index (κ1) is 27.1. The fraction of sp³-hybridized carbons (Fsp3) is 0.310. The van der Waals surface area contributed by atoms with Crippen molar-refractivity contribution < 1.29 is 19.0 Å². The van der Waals surface area contributed by atoms with E-state index >= 15 is 0 Å². The summed E-state index contributed by atoms with van der Waals surface area (Å²) < 4.78 is 17.1. The lowest BCUT2D eigenvalue weighted by atomic mass is 9.86. The predicted molar refractivity (Wildman–Crippen MR) is 152 cm³/mol. The number of anilines is 1. The zero-order valence-corrected chi connectivity index (χ0v) is 23.1. The van der Waals surface area contributed by atoms with Crippen molar-refractivity contribution in [3.8, 4) is 11.5 Å². The summed E-state index contributed by atoms with van der Waals surface area (Å²) in [6.45, 7) is 10.0. The topological polar surface area (TPSA) is 94.1 Å². The number of carbonyl (C=O) groups is 1. The quantitative estimate of drug-likeness (QED) is 0.239. The van der Waals surface area contributed by atoms with Crippen LogP contribution in [0.1, 0.15) is 48.1 Å². The molecular formula is C29H32N4O4S. The van der Waals surface area contributed by atoms with Crippen molar-refractivity contribution in [1.82, 2.24) is 10.4 Å². The van der Waals surface area contributed by atoms with E-state index in [1.807, 2.05) is 45.0 Å². The normalized spacial score (nSPS) is 17.2. The van der Waals surface area contributed by atoms with Gasteiger partial charge in [-0.15, -0.1) is 0 Å². The molecule has 9 heteroatoms. The number of hydrogen-bond acceptors (Lipinski definition) is 7. The van der Waals surface area contributed by atoms with Crippen molar-refractivity contribution in [3.05, 3.63) is 82.7 Å². The molecule has 0 spiro atoms. The van der Waals surface area contributed by atoms with Gasteiger partial charge in [-0.05, 0) is 82.2 Å². The molecule has 0 bridgehead atoms. The summed E-state index contributed by atoms with van der Waals surface area (Å²) in [7, 11) is 0. The van der Waals surface area contributed by atoms with Crippen LogP contribution >= 0.6 is 12.2 Å². The fourth-order valence-electron chi connectivity index (χ4n) is 4.53. The summed E-state index contributed by atoms with van der Waals surface area (Å²) in [5, 5.41) is 8.35. The number of benzene rings is 2. The number of nitrogens with one attached hydrogen (secondary N) is 2. The number of thiocarbonyl (C=S) groups is 1. The van der Waals surface area contributed by atoms with E-state index in [4.69, 9.17) is 31.5 Å². The van der Waals surface area contributed by atoms with Crippen molar-refractivity contribution in [3.63, 3.8) is 0 Å². The Balaban J connectivity index is 1.62. The minimum absolute atomic E-state index is 0.186. The molecule has 0 aliphatic carbocycles. The summed E-state index contributed by atoms with van der Waals surface area (Å²) in [5.74, 6) is 0.708. The molecule has 1 aliphatic heterocycles. The highest BCUT2D eigenvalue weighted by molar-refractivity contribution is 7.80. The Morgan fingerprint density at radius 1 is 1.18 bits per heavy atom. The number of nitrogens with zero attached hydrogens (tertiary/aromatic N) is 2. The Labute approximate surface area is 228 Å². The summed E-state index contributed by atoms with van der Waals surface area (Å²) in [5.41, 5.74) is 9.04. The summed E-state index contributed by atoms with van der Waals surface area (Å²) in [4.78, 5) is 16.0. The molecule has 2 N–H and O–H groups in total. The van der Waals surface area contributed by atoms with Crippen LogP contribution < -0.4 is 20.2 Å². The van der Waals surface area contributed by atoms with Gasteiger partial charge in [0.1, 0.15) is 17.1 Å². The molecule has 8 nitrogen and oxygen atoms in total. The minimum atomic E-state index is -0.700. The average Bonchev–Trinajstić information content (AvgIpc) is 2.89. The number of fused-ring (bicyclic) bond motifs is 1. The van der Waals surface area contributed by atoms with Gasteiger partial charge in [0.05, 0.1) is 12.3 Å². The molecule has 0 fully saturated rings. The van der Waals surface area contributed by atoms with Crippen LogP contribution in [-0.4, -0.2) is 35.0 Å². The van der Waals surface area contributed by atoms with Crippen LogP contribution in [0.25, 0.3) is 0 Å². The summed E-state index contributed by atoms with van der Waals surface area (Å²) in [6, 6.07) is 13.5. The lowest BCUT2D eigenvalue weighted by Gasteiger charge is -2.36. The van der Waals surface area contributed by atoms with Crippen LogP contribution in [0.4, 0.5) is 5.69 Å². The Bertz CT molecular complexity index is 1350. The minimum Gasteiger partial charge on any atom is -0.482 e. The molecule has 0 radical (unpaired) electrons. The molecule has 2 heterocycles. The van der Waals surface area contributed by atoms with Crippen molar-refractivity contribution in [2.45, 2.75) is 46.6 Å². The lowest BCUT2D eigenvalue weighted by Crippen LogP contribution is -2.38. The molecule has 38 heavy (non-hydrogen) atoms. The van der Waals surface area contributed by atoms with E-state index in [1.165, 1.54) is 5.56 Å². The number of aryl methyl sites for hydroxylation is 3. The van der Waals surface area contributed by atoms with Gasteiger partial charge >= 0.3 is 5.97 Å². The van der Waals surface area contributed by atoms with Gasteiger partial charge in [0.15, 0.2) is 11.7 Å². The number of ether oxygens (including phenoxy) is 3. The first-order valence-corrected chi connectivity index (χ1v) is 12.8. The highest BCUT2D eigenvalue weighted by Crippen LogP contribution is 2.40. The van der Waals surface area contributed by atoms with Crippen LogP contribution in [0.15, 0.2) is 60.0 Å². The molecule has 3 aromatic rings. The third-order valence-electron chi connectivity index (χ3n) is 6.24. The fourth-order valence-corrected chi connectivity index (χ4v) is 4.67. The smallest absolute Gasteiger partial charge is 0.344 e. The molecule has 1 aromatic heterocycles. The summed E-state index contributed by atoms with van der Waals surface area (Å²) >= 11 is 5.58. The van der Waals surface area contributed by atoms with E-state index in [0.717, 1.165) is 33.7 Å². The molecule has 0 saturated carbocycles. The number of rotatable bonds is 7. The number of hydrogen-bond donors (Lipinski definition) is 2. The maximum absolute atomic E-state index is 11.8. The van der Waals surface area contributed by atoms with Crippen LogP contribution in [0.2, 0.25) is 0 Å². The van der Waals surface area contributed by atoms with E-state index in [2.05, 4.69) is 34.8 Å². The van der Waals surface area contributed by atoms with E-state index in [1.54, 1.807) is 25.4 Å². The van der Waals surface area contributed by atoms with E-state index < -0.39 is 11.6 Å². The molecule has 4 rings (SSSR count). The van der Waals surface area contributed by atoms with Gasteiger partial charge in [0.2, 0.25) is 0 Å². The Kier molecular flexibility index (Phi) is 8.26. The van der Waals surface area contributed by atoms with Crippen molar-refractivity contribution >= 4 is 34.7 Å². The first-order valence-electron chi connectivity index (χ1n) is 12.4. The second-order valence-electron chi connectivity index (χ2n) is 9.40. The maximum atomic E-state index is 11.8. The van der Waals surface area contributed by atoms with Crippen molar-refractivity contribution in [1.29, 1.82) is 0 Å². The Morgan fingerprint density at radius 3 is 2.63 bits per heavy atom. The number of carbonyl (C=O) groups excluding carboxylic acids is 1. The number of pyridine rings is 1. The van der Waals surface area contributed by atoms with Crippen molar-refractivity contribution in [2.75, 3.05) is 18.5 Å². The molecule has 1 unspecified atom stereocenters. The SMILES string of the molecule is CCOC(=O)COc1ccc2c(c1)C(=NNC(=S)Nc1c(C)cc(C)cc1C)CC(C)(c1cccnc1)O2. The predicted octanol–water partition coefficient (Wildman–Crippen LogP) is 5.34. The maximum Gasteiger partial charge on any atom is 0.344 e. The molecule has 0 amide bonds.